The molecular weight excluding hydrogens is 634 g/mol. The van der Waals surface area contributed by atoms with E-state index >= 15 is 0 Å². The van der Waals surface area contributed by atoms with Crippen LogP contribution in [-0.4, -0.2) is 89.6 Å². The Bertz CT molecular complexity index is 1390. The molecule has 1 saturated heterocycles. The summed E-state index contributed by atoms with van der Waals surface area (Å²) in [5.74, 6) is -2.53. The van der Waals surface area contributed by atoms with Crippen LogP contribution in [0.15, 0.2) is 0 Å². The van der Waals surface area contributed by atoms with E-state index in [1.54, 1.807) is 20.8 Å². The lowest BCUT2D eigenvalue weighted by Crippen LogP contribution is -2.64. The maximum Gasteiger partial charge on any atom is 0.315 e. The van der Waals surface area contributed by atoms with E-state index in [4.69, 9.17) is 0 Å². The zero-order valence-electron chi connectivity index (χ0n) is 30.5. The molecular formula is C35H59N5O7S. The monoisotopic (exact) mass is 693 g/mol. The number of ketones is 1. The number of piperidine rings is 1. The third-order valence-corrected chi connectivity index (χ3v) is 13.9. The first-order valence-corrected chi connectivity index (χ1v) is 19.5. The van der Waals surface area contributed by atoms with Crippen LogP contribution in [0.2, 0.25) is 0 Å². The number of amides is 5. The molecule has 4 N–H and O–H groups in total. The quantitative estimate of drug-likeness (QED) is 0.227. The van der Waals surface area contributed by atoms with Gasteiger partial charge in [0.05, 0.1) is 22.1 Å². The SMILES string of the molecule is CCC[C@@H](NC(=O)[C@@H]1[C@@H]2[C@H](CN1C(=O)[C@@H](NC(=O)NC1(CS(=O)(=O)C(C)(C)C)CCCCC1)C(C)(C)C)C2(C)C)C(=O)C(=O)NC1CC1. The van der Waals surface area contributed by atoms with Gasteiger partial charge in [0.2, 0.25) is 17.6 Å². The highest BCUT2D eigenvalue weighted by molar-refractivity contribution is 7.92. The van der Waals surface area contributed by atoms with Gasteiger partial charge in [-0.15, -0.1) is 0 Å². The van der Waals surface area contributed by atoms with Crippen molar-refractivity contribution in [2.75, 3.05) is 12.3 Å². The van der Waals surface area contributed by atoms with E-state index in [0.717, 1.165) is 32.1 Å². The number of nitrogens with zero attached hydrogens (tertiary/aromatic N) is 1. The molecule has 3 aliphatic carbocycles. The molecule has 1 heterocycles. The van der Waals surface area contributed by atoms with E-state index in [1.807, 2.05) is 27.7 Å². The third-order valence-electron chi connectivity index (χ3n) is 11.1. The van der Waals surface area contributed by atoms with Gasteiger partial charge in [0, 0.05) is 12.6 Å². The lowest BCUT2D eigenvalue weighted by molar-refractivity contribution is -0.145. The van der Waals surface area contributed by atoms with E-state index < -0.39 is 73.2 Å². The van der Waals surface area contributed by atoms with E-state index in [-0.39, 0.29) is 29.0 Å². The molecule has 3 saturated carbocycles. The summed E-state index contributed by atoms with van der Waals surface area (Å²) >= 11 is 0. The van der Waals surface area contributed by atoms with Gasteiger partial charge < -0.3 is 26.2 Å². The van der Waals surface area contributed by atoms with Gasteiger partial charge in [0.1, 0.15) is 12.1 Å². The van der Waals surface area contributed by atoms with Crippen molar-refractivity contribution in [1.82, 2.24) is 26.2 Å². The van der Waals surface area contributed by atoms with Gasteiger partial charge in [0.25, 0.3) is 5.91 Å². The maximum atomic E-state index is 14.4. The highest BCUT2D eigenvalue weighted by Gasteiger charge is 2.70. The Morgan fingerprint density at radius 3 is 2.04 bits per heavy atom. The second-order valence-corrected chi connectivity index (χ2v) is 20.2. The molecule has 0 aromatic heterocycles. The van der Waals surface area contributed by atoms with Crippen LogP contribution in [0.5, 0.6) is 0 Å². The molecule has 5 atom stereocenters. The molecule has 272 valence electrons. The summed E-state index contributed by atoms with van der Waals surface area (Å²) in [5, 5.41) is 11.4. The van der Waals surface area contributed by atoms with E-state index in [1.165, 1.54) is 4.90 Å². The molecule has 4 aliphatic rings. The van der Waals surface area contributed by atoms with Crippen molar-refractivity contribution in [3.8, 4) is 0 Å². The first kappa shape index (κ1) is 38.1. The number of nitrogens with one attached hydrogen (secondary N) is 4. The van der Waals surface area contributed by atoms with Gasteiger partial charge >= 0.3 is 6.03 Å². The van der Waals surface area contributed by atoms with Gasteiger partial charge in [-0.1, -0.05) is 67.2 Å². The van der Waals surface area contributed by atoms with E-state index in [0.29, 0.717) is 32.2 Å². The van der Waals surface area contributed by atoms with Crippen LogP contribution < -0.4 is 21.3 Å². The van der Waals surface area contributed by atoms with Gasteiger partial charge in [0.15, 0.2) is 9.84 Å². The summed E-state index contributed by atoms with van der Waals surface area (Å²) in [5.41, 5.74) is -1.90. The minimum absolute atomic E-state index is 0.00492. The van der Waals surface area contributed by atoms with Crippen molar-refractivity contribution in [2.24, 2.45) is 22.7 Å². The Hall–Kier alpha value is -2.70. The molecule has 0 radical (unpaired) electrons. The molecule has 0 aromatic rings. The van der Waals surface area contributed by atoms with Gasteiger partial charge in [-0.25, -0.2) is 13.2 Å². The Morgan fingerprint density at radius 1 is 0.917 bits per heavy atom. The summed E-state index contributed by atoms with van der Waals surface area (Å²) in [6.45, 7) is 16.8. The zero-order chi connectivity index (χ0) is 36.0. The lowest BCUT2D eigenvalue weighted by Gasteiger charge is -2.41. The Morgan fingerprint density at radius 2 is 1.52 bits per heavy atom. The Balaban J connectivity index is 1.54. The molecule has 12 nitrogen and oxygen atoms in total. The fourth-order valence-electron chi connectivity index (χ4n) is 7.61. The predicted octanol–water partition coefficient (Wildman–Crippen LogP) is 3.23. The first-order valence-electron chi connectivity index (χ1n) is 17.8. The average molecular weight is 694 g/mol. The van der Waals surface area contributed by atoms with Crippen LogP contribution in [0.3, 0.4) is 0 Å². The van der Waals surface area contributed by atoms with Crippen molar-refractivity contribution in [2.45, 2.75) is 155 Å². The number of rotatable bonds is 12. The number of hydrogen-bond donors (Lipinski definition) is 4. The summed E-state index contributed by atoms with van der Waals surface area (Å²) in [6, 6.07) is -3.50. The number of urea groups is 1. The van der Waals surface area contributed by atoms with E-state index in [2.05, 4.69) is 35.1 Å². The van der Waals surface area contributed by atoms with Gasteiger partial charge in [-0.2, -0.15) is 0 Å². The highest BCUT2D eigenvalue weighted by atomic mass is 32.2. The summed E-state index contributed by atoms with van der Waals surface area (Å²) in [6.07, 6.45) is 6.10. The largest absolute Gasteiger partial charge is 0.347 e. The second-order valence-electron chi connectivity index (χ2n) is 17.5. The summed E-state index contributed by atoms with van der Waals surface area (Å²) in [4.78, 5) is 69.3. The van der Waals surface area contributed by atoms with Crippen molar-refractivity contribution in [3.63, 3.8) is 0 Å². The van der Waals surface area contributed by atoms with Gasteiger partial charge in [-0.3, -0.25) is 19.2 Å². The molecule has 4 fully saturated rings. The van der Waals surface area contributed by atoms with Crippen LogP contribution in [0, 0.1) is 22.7 Å². The van der Waals surface area contributed by atoms with Crippen molar-refractivity contribution >= 4 is 39.4 Å². The fraction of sp³-hybridized carbons (Fsp3) is 0.857. The number of hydrogen-bond acceptors (Lipinski definition) is 7. The number of sulfone groups is 1. The van der Waals surface area contributed by atoms with Crippen LogP contribution in [-0.2, 0) is 29.0 Å². The van der Waals surface area contributed by atoms with Crippen molar-refractivity contribution < 1.29 is 32.4 Å². The number of Topliss-reactive ketones (excluding diaryl/α,β-unsaturated/α-hetero) is 1. The minimum Gasteiger partial charge on any atom is -0.347 e. The fourth-order valence-corrected chi connectivity index (χ4v) is 9.13. The van der Waals surface area contributed by atoms with Crippen molar-refractivity contribution in [3.05, 3.63) is 0 Å². The van der Waals surface area contributed by atoms with Crippen molar-refractivity contribution in [1.29, 1.82) is 0 Å². The number of likely N-dealkylation sites (tertiary alicyclic amines) is 1. The third kappa shape index (κ3) is 8.18. The number of fused-ring (bicyclic) bond motifs is 1. The lowest BCUT2D eigenvalue weighted by atomic mass is 9.83. The molecule has 0 aromatic carbocycles. The Labute approximate surface area is 287 Å². The standard InChI is InChI=1S/C35H59N5O7S/c1-10-14-23(26(41)29(43)36-21-15-16-21)37-28(42)25-24-22(34(24,8)9)19-40(25)30(44)27(32(2,3)4)38-31(45)39-35(17-12-11-13-18-35)20-48(46,47)33(5,6)7/h21-25,27H,10-20H2,1-9H3,(H,36,43)(H,37,42)(H2,38,39,45)/t22-,23+,24-,25-,27+/m0/s1. The van der Waals surface area contributed by atoms with E-state index in [9.17, 15) is 32.4 Å². The molecule has 13 heteroatoms. The molecule has 5 amide bonds. The second kappa shape index (κ2) is 13.5. The van der Waals surface area contributed by atoms with Crippen LogP contribution in [0.25, 0.3) is 0 Å². The highest BCUT2D eigenvalue weighted by Crippen LogP contribution is 2.65. The average Bonchev–Trinajstić information content (AvgIpc) is 3.81. The molecule has 4 rings (SSSR count). The number of carbonyl (C=O) groups excluding carboxylic acids is 5. The summed E-state index contributed by atoms with van der Waals surface area (Å²) in [7, 11) is -3.56. The zero-order valence-corrected chi connectivity index (χ0v) is 31.3. The molecule has 0 spiro atoms. The minimum atomic E-state index is -3.56. The normalized spacial score (nSPS) is 26.0. The first-order chi connectivity index (χ1) is 22.0. The van der Waals surface area contributed by atoms with Crippen LogP contribution >= 0.6 is 0 Å². The van der Waals surface area contributed by atoms with Crippen LogP contribution in [0.1, 0.15) is 120 Å². The topological polar surface area (TPSA) is 171 Å². The van der Waals surface area contributed by atoms with Crippen LogP contribution in [0.4, 0.5) is 4.79 Å². The molecule has 1 aliphatic heterocycles. The molecule has 0 bridgehead atoms. The molecule has 0 unspecified atom stereocenters. The Kier molecular flexibility index (Phi) is 10.8. The number of carbonyl (C=O) groups is 5. The van der Waals surface area contributed by atoms with Gasteiger partial charge in [-0.05, 0) is 75.5 Å². The molecule has 48 heavy (non-hydrogen) atoms. The maximum absolute atomic E-state index is 14.4. The smallest absolute Gasteiger partial charge is 0.315 e. The predicted molar refractivity (Wildman–Crippen MR) is 184 cm³/mol. The summed E-state index contributed by atoms with van der Waals surface area (Å²) < 4.78 is 25.6.